The highest BCUT2D eigenvalue weighted by Gasteiger charge is 2.28. The number of carbonyl (C=O) groups is 1. The Balaban J connectivity index is 2.14. The normalized spacial score (nSPS) is 25.8. The van der Waals surface area contributed by atoms with Crippen LogP contribution >= 0.6 is 0 Å². The third-order valence-corrected chi connectivity index (χ3v) is 3.31. The average molecular weight is 221 g/mol. The van der Waals surface area contributed by atoms with Crippen LogP contribution in [0.15, 0.2) is 12.3 Å². The Bertz CT molecular complexity index is 385. The van der Waals surface area contributed by atoms with Crippen molar-refractivity contribution in [2.24, 2.45) is 5.92 Å². The molecule has 2 rings (SSSR count). The number of hydrogen-bond donors (Lipinski definition) is 2. The number of H-pyrrole nitrogens is 1. The molecule has 1 aliphatic rings. The molecule has 1 fully saturated rings. The predicted octanol–water partition coefficient (Wildman–Crippen LogP) is 1.86. The minimum atomic E-state index is 0.0655. The second-order valence-corrected chi connectivity index (χ2v) is 4.84. The summed E-state index contributed by atoms with van der Waals surface area (Å²) in [6.45, 7) is 5.14. The topological polar surface area (TPSA) is 62.1 Å². The summed E-state index contributed by atoms with van der Waals surface area (Å²) in [5.41, 5.74) is 6.81. The second kappa shape index (κ2) is 4.20. The van der Waals surface area contributed by atoms with Gasteiger partial charge in [0.2, 0.25) is 0 Å². The molecule has 1 aromatic rings. The van der Waals surface area contributed by atoms with E-state index in [1.165, 1.54) is 6.42 Å². The first-order valence-corrected chi connectivity index (χ1v) is 5.82. The van der Waals surface area contributed by atoms with Crippen LogP contribution in [0, 0.1) is 5.92 Å². The van der Waals surface area contributed by atoms with Crippen molar-refractivity contribution in [1.82, 2.24) is 9.88 Å². The first-order chi connectivity index (χ1) is 7.58. The zero-order valence-corrected chi connectivity index (χ0v) is 9.86. The van der Waals surface area contributed by atoms with E-state index in [2.05, 4.69) is 18.8 Å². The molecule has 16 heavy (non-hydrogen) atoms. The van der Waals surface area contributed by atoms with E-state index in [1.54, 1.807) is 12.3 Å². The number of anilines is 1. The Morgan fingerprint density at radius 1 is 1.50 bits per heavy atom. The minimum Gasteiger partial charge on any atom is -0.397 e. The van der Waals surface area contributed by atoms with E-state index in [1.807, 2.05) is 4.90 Å². The van der Waals surface area contributed by atoms with Gasteiger partial charge in [-0.15, -0.1) is 0 Å². The summed E-state index contributed by atoms with van der Waals surface area (Å²) < 4.78 is 0. The maximum atomic E-state index is 12.2. The Morgan fingerprint density at radius 3 is 2.88 bits per heavy atom. The quantitative estimate of drug-likeness (QED) is 0.760. The van der Waals surface area contributed by atoms with Crippen molar-refractivity contribution in [3.05, 3.63) is 18.0 Å². The molecule has 2 unspecified atom stereocenters. The smallest absolute Gasteiger partial charge is 0.270 e. The molecule has 88 valence electrons. The number of hydrogen-bond acceptors (Lipinski definition) is 2. The van der Waals surface area contributed by atoms with Crippen molar-refractivity contribution in [1.29, 1.82) is 0 Å². The third kappa shape index (κ3) is 2.05. The highest BCUT2D eigenvalue weighted by Crippen LogP contribution is 2.23. The molecule has 2 heterocycles. The first kappa shape index (κ1) is 11.0. The van der Waals surface area contributed by atoms with Crippen LogP contribution in [0.1, 0.15) is 37.2 Å². The molecule has 0 aromatic carbocycles. The lowest BCUT2D eigenvalue weighted by Crippen LogP contribution is -2.45. The van der Waals surface area contributed by atoms with E-state index in [0.29, 0.717) is 23.3 Å². The fraction of sp³-hybridized carbons (Fsp3) is 0.583. The van der Waals surface area contributed by atoms with E-state index in [0.717, 1.165) is 13.0 Å². The number of carbonyl (C=O) groups excluding carboxylic acids is 1. The Kier molecular flexibility index (Phi) is 2.90. The van der Waals surface area contributed by atoms with Gasteiger partial charge in [0.1, 0.15) is 5.69 Å². The second-order valence-electron chi connectivity index (χ2n) is 4.84. The van der Waals surface area contributed by atoms with Gasteiger partial charge in [0.25, 0.3) is 5.91 Å². The van der Waals surface area contributed by atoms with Crippen LogP contribution in [0.4, 0.5) is 5.69 Å². The van der Waals surface area contributed by atoms with Gasteiger partial charge in [0, 0.05) is 24.5 Å². The molecular weight excluding hydrogens is 202 g/mol. The molecule has 2 atom stereocenters. The molecule has 0 radical (unpaired) electrons. The van der Waals surface area contributed by atoms with E-state index in [4.69, 9.17) is 5.73 Å². The summed E-state index contributed by atoms with van der Waals surface area (Å²) in [5, 5.41) is 0. The maximum Gasteiger partial charge on any atom is 0.270 e. The number of rotatable bonds is 1. The van der Waals surface area contributed by atoms with Crippen LogP contribution in [0.5, 0.6) is 0 Å². The fourth-order valence-corrected chi connectivity index (χ4v) is 2.26. The number of nitrogen functional groups attached to an aromatic ring is 1. The number of nitrogens with one attached hydrogen (secondary N) is 1. The molecule has 1 amide bonds. The standard InChI is InChI=1S/C12H19N3O/c1-8-3-4-9(2)15(7-8)12(16)11-5-10(13)6-14-11/h5-6,8-9,14H,3-4,7,13H2,1-2H3. The van der Waals surface area contributed by atoms with Crippen LogP contribution in [0.25, 0.3) is 0 Å². The van der Waals surface area contributed by atoms with Crippen molar-refractivity contribution in [3.8, 4) is 0 Å². The van der Waals surface area contributed by atoms with Gasteiger partial charge in [-0.3, -0.25) is 4.79 Å². The van der Waals surface area contributed by atoms with E-state index in [-0.39, 0.29) is 5.91 Å². The molecule has 3 N–H and O–H groups in total. The SMILES string of the molecule is CC1CCC(C)N(C(=O)c2cc(N)c[nH]2)C1. The predicted molar refractivity (Wildman–Crippen MR) is 64.1 cm³/mol. The zero-order valence-electron chi connectivity index (χ0n) is 9.86. The van der Waals surface area contributed by atoms with Gasteiger partial charge in [-0.2, -0.15) is 0 Å². The van der Waals surface area contributed by atoms with Crippen molar-refractivity contribution < 1.29 is 4.79 Å². The van der Waals surface area contributed by atoms with Crippen LogP contribution in [0.2, 0.25) is 0 Å². The number of aromatic nitrogens is 1. The minimum absolute atomic E-state index is 0.0655. The van der Waals surface area contributed by atoms with Gasteiger partial charge in [0.15, 0.2) is 0 Å². The van der Waals surface area contributed by atoms with E-state index >= 15 is 0 Å². The average Bonchev–Trinajstić information content (AvgIpc) is 2.67. The lowest BCUT2D eigenvalue weighted by atomic mass is 9.95. The lowest BCUT2D eigenvalue weighted by Gasteiger charge is -2.36. The van der Waals surface area contributed by atoms with Crippen molar-refractivity contribution in [2.75, 3.05) is 12.3 Å². The maximum absolute atomic E-state index is 12.2. The third-order valence-electron chi connectivity index (χ3n) is 3.31. The number of likely N-dealkylation sites (tertiary alicyclic amines) is 1. The molecule has 1 aromatic heterocycles. The number of nitrogens with two attached hydrogens (primary N) is 1. The van der Waals surface area contributed by atoms with Gasteiger partial charge < -0.3 is 15.6 Å². The van der Waals surface area contributed by atoms with Crippen LogP contribution < -0.4 is 5.73 Å². The summed E-state index contributed by atoms with van der Waals surface area (Å²) >= 11 is 0. The first-order valence-electron chi connectivity index (χ1n) is 5.82. The van der Waals surface area contributed by atoms with Gasteiger partial charge in [-0.25, -0.2) is 0 Å². The van der Waals surface area contributed by atoms with Crippen molar-refractivity contribution in [3.63, 3.8) is 0 Å². The number of nitrogens with zero attached hydrogens (tertiary/aromatic N) is 1. The monoisotopic (exact) mass is 221 g/mol. The number of amides is 1. The lowest BCUT2D eigenvalue weighted by molar-refractivity contribution is 0.0569. The number of aromatic amines is 1. The molecule has 0 aliphatic carbocycles. The molecule has 4 heteroatoms. The summed E-state index contributed by atoms with van der Waals surface area (Å²) in [5.74, 6) is 0.656. The van der Waals surface area contributed by atoms with Gasteiger partial charge >= 0.3 is 0 Å². The molecule has 0 spiro atoms. The molecule has 0 saturated carbocycles. The van der Waals surface area contributed by atoms with Crippen molar-refractivity contribution >= 4 is 11.6 Å². The fourth-order valence-electron chi connectivity index (χ4n) is 2.26. The highest BCUT2D eigenvalue weighted by atomic mass is 16.2. The Labute approximate surface area is 95.8 Å². The van der Waals surface area contributed by atoms with Crippen molar-refractivity contribution in [2.45, 2.75) is 32.7 Å². The summed E-state index contributed by atoms with van der Waals surface area (Å²) in [7, 11) is 0. The largest absolute Gasteiger partial charge is 0.397 e. The Morgan fingerprint density at radius 2 is 2.25 bits per heavy atom. The van der Waals surface area contributed by atoms with Gasteiger partial charge in [-0.05, 0) is 31.7 Å². The Hall–Kier alpha value is -1.45. The molecule has 4 nitrogen and oxygen atoms in total. The zero-order chi connectivity index (χ0) is 11.7. The van der Waals surface area contributed by atoms with Crippen LogP contribution in [-0.2, 0) is 0 Å². The molecule has 1 saturated heterocycles. The molecule has 0 bridgehead atoms. The van der Waals surface area contributed by atoms with E-state index < -0.39 is 0 Å². The summed E-state index contributed by atoms with van der Waals surface area (Å²) in [6, 6.07) is 2.03. The van der Waals surface area contributed by atoms with Gasteiger partial charge in [0.05, 0.1) is 0 Å². The van der Waals surface area contributed by atoms with E-state index in [9.17, 15) is 4.79 Å². The summed E-state index contributed by atoms with van der Waals surface area (Å²) in [6.07, 6.45) is 3.95. The number of piperidine rings is 1. The van der Waals surface area contributed by atoms with Crippen LogP contribution in [0.3, 0.4) is 0 Å². The highest BCUT2D eigenvalue weighted by molar-refractivity contribution is 5.93. The molecule has 1 aliphatic heterocycles. The summed E-state index contributed by atoms with van der Waals surface area (Å²) in [4.78, 5) is 17.1. The van der Waals surface area contributed by atoms with Crippen LogP contribution in [-0.4, -0.2) is 28.4 Å². The van der Waals surface area contributed by atoms with Gasteiger partial charge in [-0.1, -0.05) is 6.92 Å². The molecular formula is C12H19N3O.